The monoisotopic (exact) mass is 395 g/mol. The third-order valence-corrected chi connectivity index (χ3v) is 6.61. The quantitative estimate of drug-likeness (QED) is 0.437. The number of thiophene rings is 1. The van der Waals surface area contributed by atoms with E-state index in [1.54, 1.807) is 12.2 Å². The Hall–Kier alpha value is -2.31. The SMILES string of the molecule is O=C(/C=C/c1nnsc1N1CCC(Cc2ccccc2)CC1)c1cccs1. The molecule has 1 aliphatic rings. The summed E-state index contributed by atoms with van der Waals surface area (Å²) in [5, 5.41) is 7.21. The second-order valence-corrected chi connectivity index (χ2v) is 8.44. The van der Waals surface area contributed by atoms with E-state index in [1.165, 1.54) is 41.3 Å². The molecule has 3 aromatic rings. The summed E-state index contributed by atoms with van der Waals surface area (Å²) in [5.74, 6) is 0.745. The molecule has 0 N–H and O–H groups in total. The molecule has 2 aromatic heterocycles. The lowest BCUT2D eigenvalue weighted by atomic mass is 9.90. The zero-order valence-corrected chi connectivity index (χ0v) is 16.6. The highest BCUT2D eigenvalue weighted by Crippen LogP contribution is 2.30. The summed E-state index contributed by atoms with van der Waals surface area (Å²) in [4.78, 5) is 15.3. The lowest BCUT2D eigenvalue weighted by molar-refractivity contribution is 0.105. The van der Waals surface area contributed by atoms with E-state index in [-0.39, 0.29) is 5.78 Å². The fourth-order valence-corrected chi connectivity index (χ4v) is 4.81. The molecule has 0 amide bonds. The van der Waals surface area contributed by atoms with Crippen LogP contribution >= 0.6 is 22.9 Å². The summed E-state index contributed by atoms with van der Waals surface area (Å²) >= 11 is 2.87. The van der Waals surface area contributed by atoms with E-state index >= 15 is 0 Å². The van der Waals surface area contributed by atoms with Gasteiger partial charge < -0.3 is 4.90 Å². The minimum atomic E-state index is 0.0190. The van der Waals surface area contributed by atoms with Gasteiger partial charge in [0.15, 0.2) is 5.78 Å². The lowest BCUT2D eigenvalue weighted by Gasteiger charge is -2.32. The number of piperidine rings is 1. The summed E-state index contributed by atoms with van der Waals surface area (Å²) in [5.41, 5.74) is 2.22. The Morgan fingerprint density at radius 2 is 1.96 bits per heavy atom. The average molecular weight is 396 g/mol. The first-order chi connectivity index (χ1) is 13.3. The van der Waals surface area contributed by atoms with Crippen molar-refractivity contribution >= 4 is 39.7 Å². The molecule has 0 spiro atoms. The van der Waals surface area contributed by atoms with E-state index in [4.69, 9.17) is 0 Å². The number of aromatic nitrogens is 2. The van der Waals surface area contributed by atoms with Gasteiger partial charge in [0, 0.05) is 24.6 Å². The number of hydrogen-bond donors (Lipinski definition) is 0. The third kappa shape index (κ3) is 4.51. The Labute approximate surface area is 167 Å². The van der Waals surface area contributed by atoms with Crippen LogP contribution < -0.4 is 4.90 Å². The maximum Gasteiger partial charge on any atom is 0.195 e. The predicted octanol–water partition coefficient (Wildman–Crippen LogP) is 4.95. The van der Waals surface area contributed by atoms with Crippen LogP contribution in [0.2, 0.25) is 0 Å². The number of allylic oxidation sites excluding steroid dienone is 1. The first kappa shape index (κ1) is 18.1. The normalized spacial score (nSPS) is 15.5. The van der Waals surface area contributed by atoms with Crippen LogP contribution in [-0.4, -0.2) is 28.5 Å². The molecule has 3 heterocycles. The summed E-state index contributed by atoms with van der Waals surface area (Å²) in [6.45, 7) is 2.03. The molecule has 1 fully saturated rings. The van der Waals surface area contributed by atoms with Crippen molar-refractivity contribution in [2.45, 2.75) is 19.3 Å². The van der Waals surface area contributed by atoms with Crippen LogP contribution in [0.4, 0.5) is 5.00 Å². The molecule has 6 heteroatoms. The number of carbonyl (C=O) groups excluding carboxylic acids is 1. The maximum atomic E-state index is 12.2. The second kappa shape index (κ2) is 8.59. The molecule has 0 unspecified atom stereocenters. The number of benzene rings is 1. The molecule has 1 saturated heterocycles. The number of hydrogen-bond acceptors (Lipinski definition) is 6. The highest BCUT2D eigenvalue weighted by Gasteiger charge is 2.22. The van der Waals surface area contributed by atoms with Gasteiger partial charge in [-0.2, -0.15) is 0 Å². The van der Waals surface area contributed by atoms with E-state index in [0.29, 0.717) is 0 Å². The van der Waals surface area contributed by atoms with Crippen LogP contribution in [0.1, 0.15) is 33.8 Å². The Bertz CT molecular complexity index is 895. The third-order valence-electron chi connectivity index (χ3n) is 4.92. The van der Waals surface area contributed by atoms with Crippen molar-refractivity contribution in [1.29, 1.82) is 0 Å². The Morgan fingerprint density at radius 1 is 1.15 bits per heavy atom. The standard InChI is InChI=1S/C21H21N3OS2/c25-19(20-7-4-14-26-20)9-8-18-21(27-23-22-18)24-12-10-17(11-13-24)15-16-5-2-1-3-6-16/h1-9,14,17H,10-13,15H2/b9-8+. The molecule has 4 nitrogen and oxygen atoms in total. The molecule has 0 aliphatic carbocycles. The maximum absolute atomic E-state index is 12.2. The van der Waals surface area contributed by atoms with Crippen molar-refractivity contribution in [2.75, 3.05) is 18.0 Å². The van der Waals surface area contributed by atoms with Gasteiger partial charge >= 0.3 is 0 Å². The highest BCUT2D eigenvalue weighted by molar-refractivity contribution is 7.12. The number of nitrogens with zero attached hydrogens (tertiary/aromatic N) is 3. The summed E-state index contributed by atoms with van der Waals surface area (Å²) in [6.07, 6.45) is 6.90. The Balaban J connectivity index is 1.37. The first-order valence-electron chi connectivity index (χ1n) is 9.17. The van der Waals surface area contributed by atoms with Crippen LogP contribution in [0, 0.1) is 5.92 Å². The van der Waals surface area contributed by atoms with Crippen LogP contribution in [-0.2, 0) is 6.42 Å². The van der Waals surface area contributed by atoms with Gasteiger partial charge in [-0.15, -0.1) is 16.4 Å². The average Bonchev–Trinajstić information content (AvgIpc) is 3.40. The molecular formula is C21H21N3OS2. The molecule has 27 heavy (non-hydrogen) atoms. The largest absolute Gasteiger partial charge is 0.360 e. The molecule has 0 bridgehead atoms. The number of carbonyl (C=O) groups is 1. The van der Waals surface area contributed by atoms with Crippen molar-refractivity contribution < 1.29 is 4.79 Å². The minimum Gasteiger partial charge on any atom is -0.360 e. The fourth-order valence-electron chi connectivity index (χ4n) is 3.46. The van der Waals surface area contributed by atoms with Gasteiger partial charge in [0.1, 0.15) is 10.7 Å². The topological polar surface area (TPSA) is 46.1 Å². The van der Waals surface area contributed by atoms with E-state index in [2.05, 4.69) is 44.8 Å². The van der Waals surface area contributed by atoms with Crippen LogP contribution in [0.15, 0.2) is 53.9 Å². The van der Waals surface area contributed by atoms with E-state index in [9.17, 15) is 4.79 Å². The van der Waals surface area contributed by atoms with E-state index in [1.807, 2.05) is 17.5 Å². The molecular weight excluding hydrogens is 374 g/mol. The van der Waals surface area contributed by atoms with Gasteiger partial charge in [0.25, 0.3) is 0 Å². The highest BCUT2D eigenvalue weighted by atomic mass is 32.1. The van der Waals surface area contributed by atoms with Gasteiger partial charge in [-0.1, -0.05) is 40.9 Å². The van der Waals surface area contributed by atoms with Gasteiger partial charge in [-0.05, 0) is 54.3 Å². The van der Waals surface area contributed by atoms with E-state index < -0.39 is 0 Å². The Morgan fingerprint density at radius 3 is 2.70 bits per heavy atom. The van der Waals surface area contributed by atoms with Gasteiger partial charge in [-0.3, -0.25) is 4.79 Å². The molecule has 0 atom stereocenters. The zero-order chi connectivity index (χ0) is 18.5. The number of rotatable bonds is 6. The predicted molar refractivity (Wildman–Crippen MR) is 113 cm³/mol. The van der Waals surface area contributed by atoms with Crippen molar-refractivity contribution in [3.8, 4) is 0 Å². The van der Waals surface area contributed by atoms with Gasteiger partial charge in [0.05, 0.1) is 4.88 Å². The fraction of sp³-hybridized carbons (Fsp3) is 0.286. The van der Waals surface area contributed by atoms with Crippen molar-refractivity contribution in [2.24, 2.45) is 5.92 Å². The summed E-state index contributed by atoms with van der Waals surface area (Å²) in [6, 6.07) is 14.5. The number of ketones is 1. The van der Waals surface area contributed by atoms with Crippen LogP contribution in [0.3, 0.4) is 0 Å². The molecule has 1 aromatic carbocycles. The second-order valence-electron chi connectivity index (χ2n) is 6.76. The number of anilines is 1. The molecule has 0 saturated carbocycles. The van der Waals surface area contributed by atoms with Crippen molar-refractivity contribution in [3.05, 3.63) is 70.1 Å². The van der Waals surface area contributed by atoms with Crippen molar-refractivity contribution in [1.82, 2.24) is 9.59 Å². The zero-order valence-electron chi connectivity index (χ0n) is 15.0. The lowest BCUT2D eigenvalue weighted by Crippen LogP contribution is -2.34. The molecule has 0 radical (unpaired) electrons. The molecule has 4 rings (SSSR count). The molecule has 138 valence electrons. The first-order valence-corrected chi connectivity index (χ1v) is 10.8. The van der Waals surface area contributed by atoms with Gasteiger partial charge in [-0.25, -0.2) is 0 Å². The molecule has 1 aliphatic heterocycles. The van der Waals surface area contributed by atoms with Gasteiger partial charge in [0.2, 0.25) is 0 Å². The smallest absolute Gasteiger partial charge is 0.195 e. The van der Waals surface area contributed by atoms with E-state index in [0.717, 1.165) is 41.0 Å². The summed E-state index contributed by atoms with van der Waals surface area (Å²) < 4.78 is 4.11. The van der Waals surface area contributed by atoms with Crippen molar-refractivity contribution in [3.63, 3.8) is 0 Å². The Kier molecular flexibility index (Phi) is 5.75. The summed E-state index contributed by atoms with van der Waals surface area (Å²) in [7, 11) is 0. The van der Waals surface area contributed by atoms with Crippen LogP contribution in [0.5, 0.6) is 0 Å². The minimum absolute atomic E-state index is 0.0190. The van der Waals surface area contributed by atoms with Crippen LogP contribution in [0.25, 0.3) is 6.08 Å².